The molecule has 118 valence electrons. The van der Waals surface area contributed by atoms with E-state index in [1.165, 1.54) is 4.88 Å². The smallest absolute Gasteiger partial charge is 0.191 e. The highest BCUT2D eigenvalue weighted by molar-refractivity contribution is 7.10. The van der Waals surface area contributed by atoms with E-state index in [9.17, 15) is 0 Å². The van der Waals surface area contributed by atoms with E-state index in [2.05, 4.69) is 57.1 Å². The maximum absolute atomic E-state index is 4.30. The zero-order valence-electron chi connectivity index (χ0n) is 13.3. The third-order valence-electron chi connectivity index (χ3n) is 3.34. The van der Waals surface area contributed by atoms with Crippen LogP contribution in [0.5, 0.6) is 0 Å². The number of guanidine groups is 1. The monoisotopic (exact) mass is 317 g/mol. The van der Waals surface area contributed by atoms with E-state index in [0.29, 0.717) is 12.6 Å². The van der Waals surface area contributed by atoms with Crippen LogP contribution in [0.25, 0.3) is 0 Å². The number of thiophene rings is 1. The summed E-state index contributed by atoms with van der Waals surface area (Å²) in [5.41, 5.74) is 0.993. The van der Waals surface area contributed by atoms with Crippen LogP contribution in [0.3, 0.4) is 0 Å². The second-order valence-corrected chi connectivity index (χ2v) is 6.10. The van der Waals surface area contributed by atoms with Crippen molar-refractivity contribution in [3.8, 4) is 0 Å². The van der Waals surface area contributed by atoms with Crippen LogP contribution in [0.15, 0.2) is 46.9 Å². The van der Waals surface area contributed by atoms with Gasteiger partial charge in [-0.15, -0.1) is 11.3 Å². The van der Waals surface area contributed by atoms with Crippen molar-refractivity contribution in [2.24, 2.45) is 4.99 Å². The number of pyridine rings is 1. The first-order valence-corrected chi connectivity index (χ1v) is 8.13. The first kappa shape index (κ1) is 16.5. The van der Waals surface area contributed by atoms with Gasteiger partial charge in [0.25, 0.3) is 0 Å². The summed E-state index contributed by atoms with van der Waals surface area (Å²) in [6.45, 7) is 1.46. The molecule has 2 aromatic rings. The fourth-order valence-corrected chi connectivity index (χ4v) is 3.03. The van der Waals surface area contributed by atoms with Gasteiger partial charge in [0.2, 0.25) is 0 Å². The van der Waals surface area contributed by atoms with Crippen molar-refractivity contribution >= 4 is 17.3 Å². The Balaban J connectivity index is 1.87. The lowest BCUT2D eigenvalue weighted by atomic mass is 10.2. The van der Waals surface area contributed by atoms with Gasteiger partial charge >= 0.3 is 0 Å². The normalized spacial score (nSPS) is 13.2. The van der Waals surface area contributed by atoms with Crippen LogP contribution in [0, 0.1) is 0 Å². The molecule has 0 spiro atoms. The molecule has 0 amide bonds. The number of aliphatic imine (C=N–C) groups is 1. The van der Waals surface area contributed by atoms with Crippen molar-refractivity contribution in [1.82, 2.24) is 20.5 Å². The van der Waals surface area contributed by atoms with Crippen LogP contribution in [0.1, 0.15) is 16.6 Å². The second-order valence-electron chi connectivity index (χ2n) is 5.12. The van der Waals surface area contributed by atoms with E-state index < -0.39 is 0 Å². The summed E-state index contributed by atoms with van der Waals surface area (Å²) < 4.78 is 0. The Hall–Kier alpha value is -1.92. The van der Waals surface area contributed by atoms with Gasteiger partial charge in [0.05, 0.1) is 18.3 Å². The highest BCUT2D eigenvalue weighted by Crippen LogP contribution is 2.22. The Kier molecular flexibility index (Phi) is 6.36. The van der Waals surface area contributed by atoms with Gasteiger partial charge in [-0.2, -0.15) is 0 Å². The molecule has 1 atom stereocenters. The molecule has 0 fully saturated rings. The minimum atomic E-state index is 0.327. The van der Waals surface area contributed by atoms with Crippen molar-refractivity contribution < 1.29 is 0 Å². The average molecular weight is 317 g/mol. The van der Waals surface area contributed by atoms with Gasteiger partial charge < -0.3 is 15.5 Å². The molecule has 0 bridgehead atoms. The van der Waals surface area contributed by atoms with E-state index in [1.807, 2.05) is 18.2 Å². The van der Waals surface area contributed by atoms with Crippen LogP contribution >= 0.6 is 11.3 Å². The topological polar surface area (TPSA) is 52.6 Å². The number of rotatable bonds is 6. The van der Waals surface area contributed by atoms with Gasteiger partial charge in [-0.25, -0.2) is 0 Å². The minimum absolute atomic E-state index is 0.327. The first-order chi connectivity index (χ1) is 10.7. The molecule has 22 heavy (non-hydrogen) atoms. The van der Waals surface area contributed by atoms with Crippen LogP contribution in [0.2, 0.25) is 0 Å². The van der Waals surface area contributed by atoms with E-state index in [0.717, 1.165) is 18.2 Å². The molecule has 2 rings (SSSR count). The zero-order chi connectivity index (χ0) is 15.8. The van der Waals surface area contributed by atoms with Crippen LogP contribution in [-0.4, -0.2) is 43.5 Å². The number of hydrogen-bond acceptors (Lipinski definition) is 4. The summed E-state index contributed by atoms with van der Waals surface area (Å²) in [6, 6.07) is 10.5. The van der Waals surface area contributed by atoms with E-state index >= 15 is 0 Å². The molecule has 5 nitrogen and oxygen atoms in total. The molecule has 0 aliphatic rings. The number of nitrogens with zero attached hydrogens (tertiary/aromatic N) is 3. The van der Waals surface area contributed by atoms with Gasteiger partial charge in [-0.3, -0.25) is 9.98 Å². The lowest BCUT2D eigenvalue weighted by Gasteiger charge is -2.24. The van der Waals surface area contributed by atoms with Crippen molar-refractivity contribution in [3.05, 3.63) is 52.5 Å². The Morgan fingerprint density at radius 2 is 2.14 bits per heavy atom. The molecule has 0 aliphatic heterocycles. The molecule has 0 aromatic carbocycles. The Labute approximate surface area is 136 Å². The molecule has 2 heterocycles. The van der Waals surface area contributed by atoms with Crippen LogP contribution in [-0.2, 0) is 6.54 Å². The summed E-state index contributed by atoms with van der Waals surface area (Å²) >= 11 is 1.78. The molecule has 6 heteroatoms. The summed E-state index contributed by atoms with van der Waals surface area (Å²) in [7, 11) is 5.97. The molecule has 0 saturated heterocycles. The fourth-order valence-electron chi connectivity index (χ4n) is 2.11. The van der Waals surface area contributed by atoms with Gasteiger partial charge in [0.1, 0.15) is 0 Å². The minimum Gasteiger partial charge on any atom is -0.354 e. The molecule has 2 aromatic heterocycles. The summed E-state index contributed by atoms with van der Waals surface area (Å²) in [5, 5.41) is 8.78. The highest BCUT2D eigenvalue weighted by atomic mass is 32.1. The lowest BCUT2D eigenvalue weighted by molar-refractivity contribution is 0.302. The SMILES string of the molecule is CN=C(NCc1ccccn1)NCC(c1cccs1)N(C)C. The Morgan fingerprint density at radius 1 is 1.27 bits per heavy atom. The van der Waals surface area contributed by atoms with Gasteiger partial charge in [-0.05, 0) is 37.7 Å². The Morgan fingerprint density at radius 3 is 2.73 bits per heavy atom. The summed E-state index contributed by atoms with van der Waals surface area (Å²) in [4.78, 5) is 12.1. The maximum atomic E-state index is 4.30. The van der Waals surface area contributed by atoms with Crippen molar-refractivity contribution in [3.63, 3.8) is 0 Å². The largest absolute Gasteiger partial charge is 0.354 e. The maximum Gasteiger partial charge on any atom is 0.191 e. The van der Waals surface area contributed by atoms with Gasteiger partial charge in [-0.1, -0.05) is 12.1 Å². The summed E-state index contributed by atoms with van der Waals surface area (Å²) in [6.07, 6.45) is 1.80. The van der Waals surface area contributed by atoms with Crippen molar-refractivity contribution in [2.75, 3.05) is 27.7 Å². The fraction of sp³-hybridized carbons (Fsp3) is 0.375. The van der Waals surface area contributed by atoms with E-state index in [-0.39, 0.29) is 0 Å². The molecular formula is C16H23N5S. The molecular weight excluding hydrogens is 294 g/mol. The molecule has 2 N–H and O–H groups in total. The quantitative estimate of drug-likeness (QED) is 0.633. The number of hydrogen-bond donors (Lipinski definition) is 2. The predicted octanol–water partition coefficient (Wildman–Crippen LogP) is 2.11. The number of aromatic nitrogens is 1. The standard InChI is InChI=1S/C16H23N5S/c1-17-16(19-11-13-7-4-5-9-18-13)20-12-14(21(2)3)15-8-6-10-22-15/h4-10,14H,11-12H2,1-3H3,(H2,17,19,20). The first-order valence-electron chi connectivity index (χ1n) is 7.25. The Bertz CT molecular complexity index is 565. The molecule has 0 aliphatic carbocycles. The second kappa shape index (κ2) is 8.51. The molecule has 1 unspecified atom stereocenters. The van der Waals surface area contributed by atoms with E-state index in [4.69, 9.17) is 0 Å². The van der Waals surface area contributed by atoms with Crippen LogP contribution in [0.4, 0.5) is 0 Å². The molecule has 0 radical (unpaired) electrons. The van der Waals surface area contributed by atoms with E-state index in [1.54, 1.807) is 24.6 Å². The zero-order valence-corrected chi connectivity index (χ0v) is 14.1. The summed E-state index contributed by atoms with van der Waals surface area (Å²) in [5.74, 6) is 0.786. The van der Waals surface area contributed by atoms with Gasteiger partial charge in [0, 0.05) is 24.7 Å². The third-order valence-corrected chi connectivity index (χ3v) is 4.32. The van der Waals surface area contributed by atoms with Crippen LogP contribution < -0.4 is 10.6 Å². The van der Waals surface area contributed by atoms with Crippen molar-refractivity contribution in [1.29, 1.82) is 0 Å². The molecule has 0 saturated carbocycles. The number of likely N-dealkylation sites (N-methyl/N-ethyl adjacent to an activating group) is 1. The predicted molar refractivity (Wildman–Crippen MR) is 93.2 cm³/mol. The average Bonchev–Trinajstić information content (AvgIpc) is 3.05. The highest BCUT2D eigenvalue weighted by Gasteiger charge is 2.15. The number of nitrogens with one attached hydrogen (secondary N) is 2. The van der Waals surface area contributed by atoms with Crippen molar-refractivity contribution in [2.45, 2.75) is 12.6 Å². The van der Waals surface area contributed by atoms with Gasteiger partial charge in [0.15, 0.2) is 5.96 Å². The lowest BCUT2D eigenvalue weighted by Crippen LogP contribution is -2.41. The third kappa shape index (κ3) is 4.82.